The quantitative estimate of drug-likeness (QED) is 0.851. The lowest BCUT2D eigenvalue weighted by Crippen LogP contribution is -2.28. The number of aromatic amines is 1. The molecule has 0 radical (unpaired) electrons. The number of H-pyrrole nitrogens is 1. The monoisotopic (exact) mass is 232 g/mol. The molecule has 2 aromatic rings. The maximum absolute atomic E-state index is 6.12. The third kappa shape index (κ3) is 2.44. The van der Waals surface area contributed by atoms with Crippen molar-refractivity contribution in [3.05, 3.63) is 30.0 Å². The fourth-order valence-electron chi connectivity index (χ4n) is 1.95. The minimum Gasteiger partial charge on any atom is -0.497 e. The number of hydrogen-bond acceptors (Lipinski definition) is 2. The van der Waals surface area contributed by atoms with Crippen molar-refractivity contribution >= 4 is 10.9 Å². The summed E-state index contributed by atoms with van der Waals surface area (Å²) in [5.74, 6) is 1.37. The summed E-state index contributed by atoms with van der Waals surface area (Å²) in [7, 11) is 1.68. The van der Waals surface area contributed by atoms with Gasteiger partial charge in [-0.3, -0.25) is 0 Å². The van der Waals surface area contributed by atoms with Gasteiger partial charge in [0.1, 0.15) is 5.75 Å². The first-order valence-corrected chi connectivity index (χ1v) is 6.01. The van der Waals surface area contributed by atoms with Crippen LogP contribution in [0.3, 0.4) is 0 Å². The smallest absolute Gasteiger partial charge is 0.120 e. The first kappa shape index (κ1) is 12.0. The van der Waals surface area contributed by atoms with Gasteiger partial charge >= 0.3 is 0 Å². The Bertz CT molecular complexity index is 502. The SMILES string of the molecule is COc1ccc2c(CC(N)C(C)C)c[nH]c2c1. The van der Waals surface area contributed by atoms with Gasteiger partial charge in [0.25, 0.3) is 0 Å². The van der Waals surface area contributed by atoms with Crippen LogP contribution in [0.25, 0.3) is 10.9 Å². The lowest BCUT2D eigenvalue weighted by molar-refractivity contribution is 0.415. The number of nitrogens with one attached hydrogen (secondary N) is 1. The second kappa shape index (κ2) is 4.80. The Kier molecular flexibility index (Phi) is 3.38. The number of aromatic nitrogens is 1. The molecular weight excluding hydrogens is 212 g/mol. The summed E-state index contributed by atoms with van der Waals surface area (Å²) in [5, 5.41) is 1.24. The molecule has 0 aliphatic rings. The molecule has 0 bridgehead atoms. The highest BCUT2D eigenvalue weighted by atomic mass is 16.5. The van der Waals surface area contributed by atoms with Gasteiger partial charge in [0, 0.05) is 29.2 Å². The Morgan fingerprint density at radius 2 is 2.12 bits per heavy atom. The van der Waals surface area contributed by atoms with Crippen molar-refractivity contribution in [1.82, 2.24) is 4.98 Å². The molecular formula is C14H20N2O. The van der Waals surface area contributed by atoms with E-state index < -0.39 is 0 Å². The van der Waals surface area contributed by atoms with Crippen molar-refractivity contribution in [3.63, 3.8) is 0 Å². The number of rotatable bonds is 4. The van der Waals surface area contributed by atoms with E-state index in [-0.39, 0.29) is 6.04 Å². The second-order valence-electron chi connectivity index (χ2n) is 4.84. The van der Waals surface area contributed by atoms with Crippen molar-refractivity contribution < 1.29 is 4.74 Å². The topological polar surface area (TPSA) is 51.0 Å². The minimum absolute atomic E-state index is 0.205. The zero-order chi connectivity index (χ0) is 12.4. The molecule has 0 saturated heterocycles. The number of ether oxygens (including phenoxy) is 1. The van der Waals surface area contributed by atoms with Crippen molar-refractivity contribution in [3.8, 4) is 5.75 Å². The second-order valence-corrected chi connectivity index (χ2v) is 4.84. The molecule has 17 heavy (non-hydrogen) atoms. The fourth-order valence-corrected chi connectivity index (χ4v) is 1.95. The summed E-state index contributed by atoms with van der Waals surface area (Å²) in [6, 6.07) is 6.30. The molecule has 3 N–H and O–H groups in total. The van der Waals surface area contributed by atoms with Crippen LogP contribution in [0.2, 0.25) is 0 Å². The highest BCUT2D eigenvalue weighted by Gasteiger charge is 2.12. The highest BCUT2D eigenvalue weighted by molar-refractivity contribution is 5.84. The van der Waals surface area contributed by atoms with Gasteiger partial charge in [0.15, 0.2) is 0 Å². The predicted octanol–water partition coefficient (Wildman–Crippen LogP) is 2.70. The van der Waals surface area contributed by atoms with Crippen LogP contribution in [-0.4, -0.2) is 18.1 Å². The Hall–Kier alpha value is -1.48. The van der Waals surface area contributed by atoms with Gasteiger partial charge in [0.05, 0.1) is 7.11 Å². The summed E-state index contributed by atoms with van der Waals surface area (Å²) < 4.78 is 5.21. The normalized spacial score (nSPS) is 13.2. The third-order valence-corrected chi connectivity index (χ3v) is 3.29. The molecule has 1 unspecified atom stereocenters. The average molecular weight is 232 g/mol. The van der Waals surface area contributed by atoms with Crippen molar-refractivity contribution in [2.24, 2.45) is 11.7 Å². The Morgan fingerprint density at radius 3 is 2.76 bits per heavy atom. The molecule has 92 valence electrons. The Labute approximate surface area is 102 Å². The number of methoxy groups -OCH3 is 1. The van der Waals surface area contributed by atoms with E-state index in [0.717, 1.165) is 17.7 Å². The van der Waals surface area contributed by atoms with Crippen LogP contribution in [-0.2, 0) is 6.42 Å². The summed E-state index contributed by atoms with van der Waals surface area (Å²) in [6.07, 6.45) is 2.95. The molecule has 0 fully saturated rings. The van der Waals surface area contributed by atoms with E-state index in [9.17, 15) is 0 Å². The Morgan fingerprint density at radius 1 is 1.35 bits per heavy atom. The van der Waals surface area contributed by atoms with E-state index >= 15 is 0 Å². The molecule has 1 atom stereocenters. The molecule has 0 spiro atoms. The van der Waals surface area contributed by atoms with Gasteiger partial charge in [0.2, 0.25) is 0 Å². The maximum Gasteiger partial charge on any atom is 0.120 e. The lowest BCUT2D eigenvalue weighted by atomic mass is 9.97. The van der Waals surface area contributed by atoms with E-state index in [0.29, 0.717) is 5.92 Å². The molecule has 1 aromatic carbocycles. The highest BCUT2D eigenvalue weighted by Crippen LogP contribution is 2.24. The van der Waals surface area contributed by atoms with Crippen LogP contribution in [0.4, 0.5) is 0 Å². The van der Waals surface area contributed by atoms with Gasteiger partial charge in [-0.2, -0.15) is 0 Å². The largest absolute Gasteiger partial charge is 0.497 e. The van der Waals surface area contributed by atoms with Crippen LogP contribution in [0.5, 0.6) is 5.75 Å². The van der Waals surface area contributed by atoms with Gasteiger partial charge < -0.3 is 15.5 Å². The van der Waals surface area contributed by atoms with Crippen LogP contribution >= 0.6 is 0 Å². The van der Waals surface area contributed by atoms with Crippen LogP contribution < -0.4 is 10.5 Å². The minimum atomic E-state index is 0.205. The zero-order valence-electron chi connectivity index (χ0n) is 10.7. The van der Waals surface area contributed by atoms with Crippen LogP contribution in [0, 0.1) is 5.92 Å². The van der Waals surface area contributed by atoms with Crippen LogP contribution in [0.15, 0.2) is 24.4 Å². The van der Waals surface area contributed by atoms with Gasteiger partial charge in [-0.05, 0) is 30.0 Å². The van der Waals surface area contributed by atoms with E-state index in [1.54, 1.807) is 7.11 Å². The first-order valence-electron chi connectivity index (χ1n) is 6.01. The number of hydrogen-bond donors (Lipinski definition) is 2. The Balaban J connectivity index is 2.30. The molecule has 3 heteroatoms. The average Bonchev–Trinajstić information content (AvgIpc) is 2.71. The van der Waals surface area contributed by atoms with Gasteiger partial charge in [-0.15, -0.1) is 0 Å². The number of benzene rings is 1. The number of nitrogens with two attached hydrogens (primary N) is 1. The number of fused-ring (bicyclic) bond motifs is 1. The summed E-state index contributed by atoms with van der Waals surface area (Å²) >= 11 is 0. The fraction of sp³-hybridized carbons (Fsp3) is 0.429. The van der Waals surface area contributed by atoms with E-state index in [1.807, 2.05) is 18.3 Å². The summed E-state index contributed by atoms with van der Waals surface area (Å²) in [6.45, 7) is 4.31. The van der Waals surface area contributed by atoms with E-state index in [4.69, 9.17) is 10.5 Å². The standard InChI is InChI=1S/C14H20N2O/c1-9(2)13(15)6-10-8-16-14-7-11(17-3)4-5-12(10)14/h4-5,7-9,13,16H,6,15H2,1-3H3. The van der Waals surface area contributed by atoms with Crippen molar-refractivity contribution in [1.29, 1.82) is 0 Å². The maximum atomic E-state index is 6.12. The van der Waals surface area contributed by atoms with Gasteiger partial charge in [-0.1, -0.05) is 13.8 Å². The third-order valence-electron chi connectivity index (χ3n) is 3.29. The molecule has 0 aliphatic heterocycles. The van der Waals surface area contributed by atoms with Crippen molar-refractivity contribution in [2.75, 3.05) is 7.11 Å². The van der Waals surface area contributed by atoms with E-state index in [1.165, 1.54) is 10.9 Å². The lowest BCUT2D eigenvalue weighted by Gasteiger charge is -2.14. The molecule has 2 rings (SSSR count). The summed E-state index contributed by atoms with van der Waals surface area (Å²) in [4.78, 5) is 3.27. The zero-order valence-corrected chi connectivity index (χ0v) is 10.7. The predicted molar refractivity (Wildman–Crippen MR) is 71.4 cm³/mol. The van der Waals surface area contributed by atoms with Crippen LogP contribution in [0.1, 0.15) is 19.4 Å². The first-order chi connectivity index (χ1) is 8.11. The molecule has 1 heterocycles. The molecule has 0 aliphatic carbocycles. The molecule has 0 saturated carbocycles. The summed E-state index contributed by atoms with van der Waals surface area (Å²) in [5.41, 5.74) is 8.50. The molecule has 3 nitrogen and oxygen atoms in total. The van der Waals surface area contributed by atoms with Gasteiger partial charge in [-0.25, -0.2) is 0 Å². The molecule has 1 aromatic heterocycles. The van der Waals surface area contributed by atoms with Crippen molar-refractivity contribution in [2.45, 2.75) is 26.3 Å². The van der Waals surface area contributed by atoms with E-state index in [2.05, 4.69) is 24.9 Å². The molecule has 0 amide bonds.